The third-order valence-corrected chi connectivity index (χ3v) is 2.29. The summed E-state index contributed by atoms with van der Waals surface area (Å²) >= 11 is 0. The Balaban J connectivity index is 2.69. The van der Waals surface area contributed by atoms with Crippen molar-refractivity contribution >= 4 is 11.6 Å². The molecule has 1 unspecified atom stereocenters. The Morgan fingerprint density at radius 1 is 1.59 bits per heavy atom. The predicted molar refractivity (Wildman–Crippen MR) is 61.7 cm³/mol. The number of nitro groups is 1. The Hall–Kier alpha value is -1.95. The van der Waals surface area contributed by atoms with E-state index in [1.54, 1.807) is 6.92 Å². The Bertz CT molecular complexity index is 420. The normalized spacial score (nSPS) is 11.9. The van der Waals surface area contributed by atoms with Gasteiger partial charge in [-0.05, 0) is 12.5 Å². The van der Waals surface area contributed by atoms with Gasteiger partial charge in [-0.1, -0.05) is 13.0 Å². The number of nitro benzene ring substituents is 1. The number of benzene rings is 1. The van der Waals surface area contributed by atoms with E-state index in [-0.39, 0.29) is 17.8 Å². The minimum atomic E-state index is -0.599. The molecule has 0 aliphatic heterocycles. The molecule has 1 aromatic rings. The van der Waals surface area contributed by atoms with E-state index in [0.29, 0.717) is 6.42 Å². The molecule has 6 heteroatoms. The number of rotatable bonds is 5. The standard InChI is InChI=1S/C11H14N2O4/c1-2-10(14)7-12-11(15)8-4-3-5-9(6-8)13(16)17/h3-6,10,14H,2,7H2,1H3,(H,12,15). The van der Waals surface area contributed by atoms with Crippen molar-refractivity contribution in [1.82, 2.24) is 5.32 Å². The zero-order chi connectivity index (χ0) is 12.8. The summed E-state index contributed by atoms with van der Waals surface area (Å²) in [5.41, 5.74) is 0.0798. The zero-order valence-electron chi connectivity index (χ0n) is 9.42. The average Bonchev–Trinajstić information content (AvgIpc) is 2.35. The van der Waals surface area contributed by atoms with Crippen LogP contribution in [0.15, 0.2) is 24.3 Å². The average molecular weight is 238 g/mol. The Morgan fingerprint density at radius 2 is 2.29 bits per heavy atom. The molecule has 1 amide bonds. The lowest BCUT2D eigenvalue weighted by Crippen LogP contribution is -2.31. The topological polar surface area (TPSA) is 92.5 Å². The third kappa shape index (κ3) is 3.84. The van der Waals surface area contributed by atoms with Gasteiger partial charge in [-0.15, -0.1) is 0 Å². The molecule has 0 aromatic heterocycles. The lowest BCUT2D eigenvalue weighted by Gasteiger charge is -2.09. The van der Waals surface area contributed by atoms with E-state index in [1.807, 2.05) is 0 Å². The van der Waals surface area contributed by atoms with E-state index in [9.17, 15) is 20.0 Å². The summed E-state index contributed by atoms with van der Waals surface area (Å²) in [7, 11) is 0. The largest absolute Gasteiger partial charge is 0.391 e. The van der Waals surface area contributed by atoms with Gasteiger partial charge in [0.05, 0.1) is 11.0 Å². The predicted octanol–water partition coefficient (Wildman–Crippen LogP) is 1.10. The van der Waals surface area contributed by atoms with Crippen molar-refractivity contribution < 1.29 is 14.8 Å². The minimum Gasteiger partial charge on any atom is -0.391 e. The van der Waals surface area contributed by atoms with Gasteiger partial charge in [0.2, 0.25) is 0 Å². The van der Waals surface area contributed by atoms with Gasteiger partial charge < -0.3 is 10.4 Å². The number of amides is 1. The molecule has 17 heavy (non-hydrogen) atoms. The maximum atomic E-state index is 11.6. The van der Waals surface area contributed by atoms with Crippen LogP contribution in [0.1, 0.15) is 23.7 Å². The molecule has 1 atom stereocenters. The molecule has 0 spiro atoms. The second-order valence-corrected chi connectivity index (χ2v) is 3.58. The smallest absolute Gasteiger partial charge is 0.270 e. The second kappa shape index (κ2) is 5.95. The highest BCUT2D eigenvalue weighted by atomic mass is 16.6. The third-order valence-electron chi connectivity index (χ3n) is 2.29. The molecule has 0 fully saturated rings. The zero-order valence-corrected chi connectivity index (χ0v) is 9.42. The summed E-state index contributed by atoms with van der Waals surface area (Å²) in [4.78, 5) is 21.6. The van der Waals surface area contributed by atoms with E-state index >= 15 is 0 Å². The van der Waals surface area contributed by atoms with Crippen LogP contribution >= 0.6 is 0 Å². The van der Waals surface area contributed by atoms with Crippen LogP contribution < -0.4 is 5.32 Å². The number of aliphatic hydroxyl groups is 1. The number of carbonyl (C=O) groups excluding carboxylic acids is 1. The van der Waals surface area contributed by atoms with Gasteiger partial charge in [0.25, 0.3) is 11.6 Å². The van der Waals surface area contributed by atoms with Crippen molar-refractivity contribution in [2.24, 2.45) is 0 Å². The molecular weight excluding hydrogens is 224 g/mol. The highest BCUT2D eigenvalue weighted by Crippen LogP contribution is 2.12. The molecule has 6 nitrogen and oxygen atoms in total. The summed E-state index contributed by atoms with van der Waals surface area (Å²) in [6, 6.07) is 5.45. The van der Waals surface area contributed by atoms with Gasteiger partial charge in [-0.25, -0.2) is 0 Å². The Morgan fingerprint density at radius 3 is 2.88 bits per heavy atom. The van der Waals surface area contributed by atoms with Crippen LogP contribution in [0.2, 0.25) is 0 Å². The van der Waals surface area contributed by atoms with Crippen LogP contribution in [-0.4, -0.2) is 28.6 Å². The van der Waals surface area contributed by atoms with E-state index in [2.05, 4.69) is 5.32 Å². The van der Waals surface area contributed by atoms with Crippen LogP contribution in [-0.2, 0) is 0 Å². The number of hydrogen-bond donors (Lipinski definition) is 2. The van der Waals surface area contributed by atoms with Crippen LogP contribution in [0.25, 0.3) is 0 Å². The number of non-ortho nitro benzene ring substituents is 1. The Labute approximate surface area is 98.4 Å². The molecule has 0 radical (unpaired) electrons. The summed E-state index contributed by atoms with van der Waals surface area (Å²) < 4.78 is 0. The van der Waals surface area contributed by atoms with Crippen molar-refractivity contribution in [3.8, 4) is 0 Å². The van der Waals surface area contributed by atoms with Crippen LogP contribution in [0.4, 0.5) is 5.69 Å². The Kier molecular flexibility index (Phi) is 4.59. The number of nitrogens with zero attached hydrogens (tertiary/aromatic N) is 1. The maximum Gasteiger partial charge on any atom is 0.270 e. The molecule has 1 rings (SSSR count). The molecule has 2 N–H and O–H groups in total. The first-order chi connectivity index (χ1) is 8.04. The second-order valence-electron chi connectivity index (χ2n) is 3.58. The maximum absolute atomic E-state index is 11.6. The summed E-state index contributed by atoms with van der Waals surface area (Å²) in [6.45, 7) is 1.93. The fourth-order valence-electron chi connectivity index (χ4n) is 1.22. The number of nitrogens with one attached hydrogen (secondary N) is 1. The van der Waals surface area contributed by atoms with Gasteiger partial charge in [0.1, 0.15) is 0 Å². The van der Waals surface area contributed by atoms with E-state index < -0.39 is 16.9 Å². The van der Waals surface area contributed by atoms with Crippen molar-refractivity contribution in [3.63, 3.8) is 0 Å². The van der Waals surface area contributed by atoms with Crippen LogP contribution in [0.3, 0.4) is 0 Å². The van der Waals surface area contributed by atoms with Crippen molar-refractivity contribution in [1.29, 1.82) is 0 Å². The molecular formula is C11H14N2O4. The van der Waals surface area contributed by atoms with Gasteiger partial charge in [0, 0.05) is 24.2 Å². The monoisotopic (exact) mass is 238 g/mol. The molecule has 0 heterocycles. The SMILES string of the molecule is CCC(O)CNC(=O)c1cccc([N+](=O)[O-])c1. The highest BCUT2D eigenvalue weighted by Gasteiger charge is 2.11. The molecule has 0 saturated carbocycles. The molecule has 1 aromatic carbocycles. The first-order valence-electron chi connectivity index (χ1n) is 5.25. The summed E-state index contributed by atoms with van der Waals surface area (Å²) in [5, 5.41) is 22.3. The van der Waals surface area contributed by atoms with Gasteiger partial charge >= 0.3 is 0 Å². The van der Waals surface area contributed by atoms with Crippen LogP contribution in [0, 0.1) is 10.1 Å². The van der Waals surface area contributed by atoms with Gasteiger partial charge in [0.15, 0.2) is 0 Å². The first kappa shape index (κ1) is 13.1. The minimum absolute atomic E-state index is 0.131. The van der Waals surface area contributed by atoms with E-state index in [0.717, 1.165) is 0 Å². The van der Waals surface area contributed by atoms with E-state index in [4.69, 9.17) is 0 Å². The lowest BCUT2D eigenvalue weighted by molar-refractivity contribution is -0.384. The lowest BCUT2D eigenvalue weighted by atomic mass is 10.2. The van der Waals surface area contributed by atoms with Crippen LogP contribution in [0.5, 0.6) is 0 Å². The van der Waals surface area contributed by atoms with Crippen molar-refractivity contribution in [3.05, 3.63) is 39.9 Å². The summed E-state index contributed by atoms with van der Waals surface area (Å²) in [5.74, 6) is -0.429. The van der Waals surface area contributed by atoms with E-state index in [1.165, 1.54) is 24.3 Å². The van der Waals surface area contributed by atoms with Gasteiger partial charge in [-0.3, -0.25) is 14.9 Å². The number of hydrogen-bond acceptors (Lipinski definition) is 4. The molecule has 0 aliphatic rings. The summed E-state index contributed by atoms with van der Waals surface area (Å²) in [6.07, 6.45) is -0.0625. The highest BCUT2D eigenvalue weighted by molar-refractivity contribution is 5.94. The molecule has 0 aliphatic carbocycles. The molecule has 0 bridgehead atoms. The first-order valence-corrected chi connectivity index (χ1v) is 5.25. The molecule has 92 valence electrons. The fourth-order valence-corrected chi connectivity index (χ4v) is 1.22. The fraction of sp³-hybridized carbons (Fsp3) is 0.364. The van der Waals surface area contributed by atoms with Crippen molar-refractivity contribution in [2.75, 3.05) is 6.54 Å². The van der Waals surface area contributed by atoms with Crippen molar-refractivity contribution in [2.45, 2.75) is 19.4 Å². The molecule has 0 saturated heterocycles. The van der Waals surface area contributed by atoms with Gasteiger partial charge in [-0.2, -0.15) is 0 Å². The number of aliphatic hydroxyl groups excluding tert-OH is 1. The number of carbonyl (C=O) groups is 1. The quantitative estimate of drug-likeness (QED) is 0.593.